The van der Waals surface area contributed by atoms with E-state index in [0.717, 1.165) is 22.1 Å². The van der Waals surface area contributed by atoms with Gasteiger partial charge in [0.2, 0.25) is 5.78 Å². The largest absolute Gasteiger partial charge is 0.336 e. The topological polar surface area (TPSA) is 41.5 Å². The molecule has 0 aromatic heterocycles. The smallest absolute Gasteiger partial charge is 0.229 e. The first-order valence-electron chi connectivity index (χ1n) is 6.91. The Hall–Kier alpha value is -2.65. The molecule has 0 atom stereocenters. The lowest BCUT2D eigenvalue weighted by Gasteiger charge is -2.18. The van der Waals surface area contributed by atoms with Crippen molar-refractivity contribution in [2.75, 3.05) is 5.32 Å². The summed E-state index contributed by atoms with van der Waals surface area (Å²) in [6.45, 7) is 0. The maximum absolute atomic E-state index is 12.7. The van der Waals surface area contributed by atoms with Crippen LogP contribution in [0.25, 0.3) is 10.8 Å². The summed E-state index contributed by atoms with van der Waals surface area (Å²) < 4.78 is 0. The van der Waals surface area contributed by atoms with Crippen molar-refractivity contribution in [3.8, 4) is 0 Å². The maximum atomic E-state index is 12.7. The molecule has 0 bridgehead atoms. The van der Waals surface area contributed by atoms with Crippen molar-refractivity contribution in [2.45, 2.75) is 0 Å². The predicted molar refractivity (Wildman–Crippen MR) is 90.4 cm³/mol. The number of anilines is 1. The third-order valence-electron chi connectivity index (χ3n) is 3.70. The van der Waals surface area contributed by atoms with E-state index in [9.17, 15) is 4.79 Å². The molecule has 1 heterocycles. The van der Waals surface area contributed by atoms with E-state index in [4.69, 9.17) is 11.6 Å². The molecule has 0 unspecified atom stereocenters. The summed E-state index contributed by atoms with van der Waals surface area (Å²) in [5.74, 6) is 0.0800. The molecule has 1 aliphatic heterocycles. The number of carbonyl (C=O) groups excluding carboxylic acids is 1. The molecular formula is C18H11ClN2O. The van der Waals surface area contributed by atoms with E-state index in [1.807, 2.05) is 36.4 Å². The molecule has 3 aromatic carbocycles. The number of carbonyl (C=O) groups is 1. The van der Waals surface area contributed by atoms with E-state index in [2.05, 4.69) is 10.3 Å². The highest BCUT2D eigenvalue weighted by molar-refractivity contribution is 6.53. The third kappa shape index (κ3) is 1.98. The van der Waals surface area contributed by atoms with Gasteiger partial charge in [0.25, 0.3) is 0 Å². The highest BCUT2D eigenvalue weighted by Crippen LogP contribution is 2.36. The van der Waals surface area contributed by atoms with E-state index in [1.165, 1.54) is 0 Å². The van der Waals surface area contributed by atoms with Gasteiger partial charge in [0.05, 0.1) is 10.7 Å². The second-order valence-corrected chi connectivity index (χ2v) is 5.48. The molecule has 1 aliphatic rings. The third-order valence-corrected chi connectivity index (χ3v) is 4.03. The van der Waals surface area contributed by atoms with Crippen molar-refractivity contribution in [1.29, 1.82) is 0 Å². The van der Waals surface area contributed by atoms with Gasteiger partial charge in [-0.05, 0) is 29.7 Å². The summed E-state index contributed by atoms with van der Waals surface area (Å²) >= 11 is 6.12. The molecule has 0 aliphatic carbocycles. The van der Waals surface area contributed by atoms with Gasteiger partial charge in [-0.3, -0.25) is 4.79 Å². The first-order valence-corrected chi connectivity index (χ1v) is 7.28. The van der Waals surface area contributed by atoms with Crippen LogP contribution in [0.3, 0.4) is 0 Å². The molecule has 0 saturated heterocycles. The Balaban J connectivity index is 1.86. The van der Waals surface area contributed by atoms with E-state index in [0.29, 0.717) is 16.4 Å². The molecule has 3 nitrogen and oxygen atoms in total. The second kappa shape index (κ2) is 4.97. The van der Waals surface area contributed by atoms with Gasteiger partial charge in [0.1, 0.15) is 0 Å². The van der Waals surface area contributed by atoms with E-state index in [1.54, 1.807) is 24.3 Å². The minimum atomic E-state index is -0.211. The predicted octanol–water partition coefficient (Wildman–Crippen LogP) is 4.83. The van der Waals surface area contributed by atoms with Crippen LogP contribution in [0.5, 0.6) is 0 Å². The Morgan fingerprint density at radius 1 is 0.955 bits per heavy atom. The van der Waals surface area contributed by atoms with Crippen LogP contribution in [0, 0.1) is 0 Å². The van der Waals surface area contributed by atoms with Gasteiger partial charge in [0.15, 0.2) is 5.84 Å². The van der Waals surface area contributed by atoms with Gasteiger partial charge >= 0.3 is 0 Å². The Labute approximate surface area is 132 Å². The van der Waals surface area contributed by atoms with Crippen LogP contribution in [0.15, 0.2) is 65.7 Å². The monoisotopic (exact) mass is 306 g/mol. The van der Waals surface area contributed by atoms with Crippen molar-refractivity contribution < 1.29 is 4.79 Å². The summed E-state index contributed by atoms with van der Waals surface area (Å²) in [5.41, 5.74) is 2.13. The quantitative estimate of drug-likeness (QED) is 0.689. The number of halogens is 1. The highest BCUT2D eigenvalue weighted by atomic mass is 35.5. The van der Waals surface area contributed by atoms with Crippen LogP contribution in [-0.4, -0.2) is 11.6 Å². The lowest BCUT2D eigenvalue weighted by Crippen LogP contribution is -2.25. The van der Waals surface area contributed by atoms with Gasteiger partial charge in [-0.2, -0.15) is 0 Å². The number of benzene rings is 3. The van der Waals surface area contributed by atoms with Crippen molar-refractivity contribution in [1.82, 2.24) is 0 Å². The lowest BCUT2D eigenvalue weighted by atomic mass is 10.0. The summed E-state index contributed by atoms with van der Waals surface area (Å²) in [7, 11) is 0. The minimum absolute atomic E-state index is 0.211. The van der Waals surface area contributed by atoms with Crippen LogP contribution < -0.4 is 5.32 Å². The SMILES string of the molecule is O=C(C1=Nc2cccc3cccc(c23)N1)c1ccccc1Cl. The molecule has 3 aromatic rings. The minimum Gasteiger partial charge on any atom is -0.336 e. The van der Waals surface area contributed by atoms with E-state index >= 15 is 0 Å². The number of nitrogens with one attached hydrogen (secondary N) is 1. The maximum Gasteiger partial charge on any atom is 0.229 e. The Morgan fingerprint density at radius 2 is 1.73 bits per heavy atom. The first kappa shape index (κ1) is 13.0. The van der Waals surface area contributed by atoms with Crippen LogP contribution in [0.4, 0.5) is 11.4 Å². The molecule has 0 spiro atoms. The number of Topliss-reactive ketones (excluding diaryl/α,β-unsaturated/α-hetero) is 1. The zero-order valence-corrected chi connectivity index (χ0v) is 12.3. The standard InChI is InChI=1S/C18H11ClN2O/c19-13-8-2-1-7-12(13)17(22)18-20-14-9-3-5-11-6-4-10-15(21-18)16(11)14/h1-10H,(H,20,21). The average molecular weight is 307 g/mol. The number of rotatable bonds is 2. The molecule has 0 amide bonds. The fraction of sp³-hybridized carbons (Fsp3) is 0. The average Bonchev–Trinajstić information content (AvgIpc) is 2.55. The van der Waals surface area contributed by atoms with Gasteiger partial charge in [-0.1, -0.05) is 48.0 Å². The van der Waals surface area contributed by atoms with Crippen LogP contribution >= 0.6 is 11.6 Å². The summed E-state index contributed by atoms with van der Waals surface area (Å²) in [6.07, 6.45) is 0. The Bertz CT molecular complexity index is 941. The number of ketones is 1. The van der Waals surface area contributed by atoms with Crippen molar-refractivity contribution >= 4 is 45.4 Å². The summed E-state index contributed by atoms with van der Waals surface area (Å²) in [6, 6.07) is 18.8. The summed E-state index contributed by atoms with van der Waals surface area (Å²) in [4.78, 5) is 17.2. The molecule has 0 fully saturated rings. The van der Waals surface area contributed by atoms with Gasteiger partial charge < -0.3 is 5.32 Å². The summed E-state index contributed by atoms with van der Waals surface area (Å²) in [5, 5.41) is 5.68. The zero-order chi connectivity index (χ0) is 15.1. The Kier molecular flexibility index (Phi) is 2.94. The fourth-order valence-electron chi connectivity index (χ4n) is 2.67. The van der Waals surface area contributed by atoms with Crippen molar-refractivity contribution in [2.24, 2.45) is 4.99 Å². The van der Waals surface area contributed by atoms with E-state index < -0.39 is 0 Å². The molecule has 4 rings (SSSR count). The van der Waals surface area contributed by atoms with Gasteiger partial charge in [0, 0.05) is 16.6 Å². The van der Waals surface area contributed by atoms with Crippen LogP contribution in [0.1, 0.15) is 10.4 Å². The van der Waals surface area contributed by atoms with Gasteiger partial charge in [-0.25, -0.2) is 4.99 Å². The molecular weight excluding hydrogens is 296 g/mol. The molecule has 0 saturated carbocycles. The zero-order valence-electron chi connectivity index (χ0n) is 11.5. The van der Waals surface area contributed by atoms with Gasteiger partial charge in [-0.15, -0.1) is 0 Å². The number of hydrogen-bond donors (Lipinski definition) is 1. The van der Waals surface area contributed by atoms with Crippen LogP contribution in [0.2, 0.25) is 5.02 Å². The number of hydrogen-bond acceptors (Lipinski definition) is 3. The van der Waals surface area contributed by atoms with Crippen molar-refractivity contribution in [3.63, 3.8) is 0 Å². The number of amidine groups is 1. The second-order valence-electron chi connectivity index (χ2n) is 5.08. The first-order chi connectivity index (χ1) is 10.7. The van der Waals surface area contributed by atoms with Crippen molar-refractivity contribution in [3.05, 3.63) is 71.2 Å². The highest BCUT2D eigenvalue weighted by Gasteiger charge is 2.22. The molecule has 106 valence electrons. The van der Waals surface area contributed by atoms with Crippen LogP contribution in [-0.2, 0) is 0 Å². The molecule has 4 heteroatoms. The molecule has 22 heavy (non-hydrogen) atoms. The fourth-order valence-corrected chi connectivity index (χ4v) is 2.90. The molecule has 0 radical (unpaired) electrons. The Morgan fingerprint density at radius 3 is 2.55 bits per heavy atom. The normalized spacial score (nSPS) is 12.7. The van der Waals surface area contributed by atoms with E-state index in [-0.39, 0.29) is 5.78 Å². The number of nitrogens with zero attached hydrogens (tertiary/aromatic N) is 1. The molecule has 1 N–H and O–H groups in total. The number of aliphatic imine (C=N–C) groups is 1. The lowest BCUT2D eigenvalue weighted by molar-refractivity contribution is 0.106.